The molecule has 1 atom stereocenters. The number of anilines is 1. The first-order valence-corrected chi connectivity index (χ1v) is 11.4. The highest BCUT2D eigenvalue weighted by atomic mass is 16.6. The molecule has 168 valence electrons. The molecule has 5 heteroatoms. The molecule has 3 rings (SSSR count). The van der Waals surface area contributed by atoms with Crippen LogP contribution in [-0.4, -0.2) is 32.2 Å². The Hall–Kier alpha value is -2.53. The Bertz CT molecular complexity index is 856. The van der Waals surface area contributed by atoms with Crippen LogP contribution in [0.25, 0.3) is 0 Å². The highest BCUT2D eigenvalue weighted by Gasteiger charge is 2.19. The highest BCUT2D eigenvalue weighted by Crippen LogP contribution is 2.33. The van der Waals surface area contributed by atoms with E-state index in [0.717, 1.165) is 37.4 Å². The number of hydrogen-bond donors (Lipinski definition) is 2. The molecule has 1 heterocycles. The van der Waals surface area contributed by atoms with Gasteiger partial charge >= 0.3 is 0 Å². The number of amides is 1. The quantitative estimate of drug-likeness (QED) is 0.539. The lowest BCUT2D eigenvalue weighted by Gasteiger charge is -2.22. The fourth-order valence-corrected chi connectivity index (χ4v) is 3.85. The lowest BCUT2D eigenvalue weighted by molar-refractivity contribution is -0.116. The summed E-state index contributed by atoms with van der Waals surface area (Å²) in [7, 11) is 0. The van der Waals surface area contributed by atoms with E-state index in [-0.39, 0.29) is 17.2 Å². The first-order chi connectivity index (χ1) is 14.9. The third-order valence-corrected chi connectivity index (χ3v) is 5.66. The summed E-state index contributed by atoms with van der Waals surface area (Å²) in [6.07, 6.45) is 2.46. The predicted molar refractivity (Wildman–Crippen MR) is 126 cm³/mol. The van der Waals surface area contributed by atoms with E-state index >= 15 is 0 Å². The SMILES string of the molecule is CCNCCCC(CC(=O)Nc1ccc2c(c1)OCCO2)c1ccc(C(C)(C)C)cc1. The normalized spacial score (nSPS) is 14.2. The summed E-state index contributed by atoms with van der Waals surface area (Å²) in [5, 5.41) is 6.42. The molecule has 0 saturated heterocycles. The minimum absolute atomic E-state index is 0.0185. The lowest BCUT2D eigenvalue weighted by atomic mass is 9.84. The molecule has 0 fully saturated rings. The van der Waals surface area contributed by atoms with Crippen LogP contribution in [0, 0.1) is 0 Å². The van der Waals surface area contributed by atoms with Crippen molar-refractivity contribution in [2.24, 2.45) is 0 Å². The fourth-order valence-electron chi connectivity index (χ4n) is 3.85. The molecule has 0 spiro atoms. The molecule has 0 saturated carbocycles. The van der Waals surface area contributed by atoms with Crippen LogP contribution in [-0.2, 0) is 10.2 Å². The average molecular weight is 425 g/mol. The Kier molecular flexibility index (Phi) is 7.97. The molecular formula is C26H36N2O3. The van der Waals surface area contributed by atoms with Crippen LogP contribution < -0.4 is 20.1 Å². The van der Waals surface area contributed by atoms with Gasteiger partial charge in [-0.1, -0.05) is 52.0 Å². The molecule has 1 aliphatic rings. The van der Waals surface area contributed by atoms with E-state index in [0.29, 0.717) is 25.4 Å². The van der Waals surface area contributed by atoms with Crippen LogP contribution in [0.5, 0.6) is 11.5 Å². The third kappa shape index (κ3) is 6.73. The first kappa shape index (κ1) is 23.1. The van der Waals surface area contributed by atoms with Gasteiger partial charge in [0, 0.05) is 18.2 Å². The number of carbonyl (C=O) groups excluding carboxylic acids is 1. The van der Waals surface area contributed by atoms with Gasteiger partial charge in [0.05, 0.1) is 0 Å². The van der Waals surface area contributed by atoms with Gasteiger partial charge in [0.25, 0.3) is 0 Å². The van der Waals surface area contributed by atoms with Crippen molar-refractivity contribution in [3.05, 3.63) is 53.6 Å². The van der Waals surface area contributed by atoms with Gasteiger partial charge in [0.15, 0.2) is 11.5 Å². The van der Waals surface area contributed by atoms with Crippen LogP contribution in [0.2, 0.25) is 0 Å². The van der Waals surface area contributed by atoms with Gasteiger partial charge in [-0.2, -0.15) is 0 Å². The van der Waals surface area contributed by atoms with E-state index in [4.69, 9.17) is 9.47 Å². The summed E-state index contributed by atoms with van der Waals surface area (Å²) < 4.78 is 11.2. The highest BCUT2D eigenvalue weighted by molar-refractivity contribution is 5.91. The second kappa shape index (κ2) is 10.7. The van der Waals surface area contributed by atoms with Crippen molar-refractivity contribution in [2.75, 3.05) is 31.6 Å². The van der Waals surface area contributed by atoms with E-state index in [1.54, 1.807) is 0 Å². The van der Waals surface area contributed by atoms with Gasteiger partial charge in [-0.3, -0.25) is 4.79 Å². The van der Waals surface area contributed by atoms with Gasteiger partial charge in [-0.25, -0.2) is 0 Å². The van der Waals surface area contributed by atoms with Crippen molar-refractivity contribution >= 4 is 11.6 Å². The average Bonchev–Trinajstić information content (AvgIpc) is 2.75. The van der Waals surface area contributed by atoms with Crippen LogP contribution >= 0.6 is 0 Å². The number of nitrogens with one attached hydrogen (secondary N) is 2. The maximum atomic E-state index is 12.9. The molecule has 2 aromatic carbocycles. The number of hydrogen-bond acceptors (Lipinski definition) is 4. The Morgan fingerprint density at radius 1 is 1.03 bits per heavy atom. The van der Waals surface area contributed by atoms with Crippen molar-refractivity contribution in [1.82, 2.24) is 5.32 Å². The Morgan fingerprint density at radius 3 is 2.42 bits per heavy atom. The summed E-state index contributed by atoms with van der Waals surface area (Å²) in [5.74, 6) is 1.61. The number of ether oxygens (including phenoxy) is 2. The predicted octanol–water partition coefficient (Wildman–Crippen LogP) is 5.26. The zero-order chi connectivity index (χ0) is 22.3. The van der Waals surface area contributed by atoms with Gasteiger partial charge in [-0.15, -0.1) is 0 Å². The standard InChI is InChI=1S/C26H36N2O3/c1-5-27-14-6-7-20(19-8-10-21(11-9-19)26(2,3)4)17-25(29)28-22-12-13-23-24(18-22)31-16-15-30-23/h8-13,18,20,27H,5-7,14-17H2,1-4H3,(H,28,29). The van der Waals surface area contributed by atoms with Crippen LogP contribution in [0.3, 0.4) is 0 Å². The zero-order valence-corrected chi connectivity index (χ0v) is 19.3. The van der Waals surface area contributed by atoms with Crippen LogP contribution in [0.1, 0.15) is 64.0 Å². The van der Waals surface area contributed by atoms with Crippen LogP contribution in [0.4, 0.5) is 5.69 Å². The smallest absolute Gasteiger partial charge is 0.224 e. The number of rotatable bonds is 9. The molecule has 2 N–H and O–H groups in total. The summed E-state index contributed by atoms with van der Waals surface area (Å²) in [4.78, 5) is 12.9. The van der Waals surface area contributed by atoms with Crippen molar-refractivity contribution in [3.63, 3.8) is 0 Å². The number of benzene rings is 2. The van der Waals surface area contributed by atoms with Crippen molar-refractivity contribution < 1.29 is 14.3 Å². The molecule has 0 aromatic heterocycles. The topological polar surface area (TPSA) is 59.6 Å². The number of fused-ring (bicyclic) bond motifs is 1. The van der Waals surface area contributed by atoms with Gasteiger partial charge in [0.1, 0.15) is 13.2 Å². The second-order valence-electron chi connectivity index (χ2n) is 9.18. The monoisotopic (exact) mass is 424 g/mol. The number of carbonyl (C=O) groups is 1. The van der Waals surface area contributed by atoms with E-state index in [9.17, 15) is 4.79 Å². The molecule has 0 aliphatic carbocycles. The molecule has 1 aliphatic heterocycles. The fraction of sp³-hybridized carbons (Fsp3) is 0.500. The molecule has 0 bridgehead atoms. The third-order valence-electron chi connectivity index (χ3n) is 5.66. The zero-order valence-electron chi connectivity index (χ0n) is 19.3. The molecular weight excluding hydrogens is 388 g/mol. The van der Waals surface area contributed by atoms with Crippen molar-refractivity contribution in [3.8, 4) is 11.5 Å². The summed E-state index contributed by atoms with van der Waals surface area (Å²) in [5.41, 5.74) is 3.39. The van der Waals surface area contributed by atoms with Crippen molar-refractivity contribution in [2.45, 2.75) is 58.3 Å². The van der Waals surface area contributed by atoms with Gasteiger partial charge < -0.3 is 20.1 Å². The van der Waals surface area contributed by atoms with Crippen molar-refractivity contribution in [1.29, 1.82) is 0 Å². The van der Waals surface area contributed by atoms with Crippen LogP contribution in [0.15, 0.2) is 42.5 Å². The van der Waals surface area contributed by atoms with E-state index in [1.165, 1.54) is 11.1 Å². The van der Waals surface area contributed by atoms with Gasteiger partial charge in [0.2, 0.25) is 5.91 Å². The largest absolute Gasteiger partial charge is 0.486 e. The van der Waals surface area contributed by atoms with E-state index < -0.39 is 0 Å². The summed E-state index contributed by atoms with van der Waals surface area (Å²) in [6, 6.07) is 14.3. The molecule has 5 nitrogen and oxygen atoms in total. The molecule has 31 heavy (non-hydrogen) atoms. The molecule has 0 radical (unpaired) electrons. The second-order valence-corrected chi connectivity index (χ2v) is 9.18. The minimum Gasteiger partial charge on any atom is -0.486 e. The summed E-state index contributed by atoms with van der Waals surface area (Å²) in [6.45, 7) is 11.8. The maximum absolute atomic E-state index is 12.9. The Morgan fingerprint density at radius 2 is 1.74 bits per heavy atom. The molecule has 1 unspecified atom stereocenters. The molecule has 1 amide bonds. The van der Waals surface area contributed by atoms with Gasteiger partial charge in [-0.05, 0) is 60.5 Å². The Balaban J connectivity index is 1.67. The molecule has 2 aromatic rings. The Labute approximate surface area is 186 Å². The van der Waals surface area contributed by atoms with E-state index in [2.05, 4.69) is 62.6 Å². The minimum atomic E-state index is 0.0185. The maximum Gasteiger partial charge on any atom is 0.224 e. The van der Waals surface area contributed by atoms with E-state index in [1.807, 2.05) is 18.2 Å². The summed E-state index contributed by atoms with van der Waals surface area (Å²) >= 11 is 0. The first-order valence-electron chi connectivity index (χ1n) is 11.4. The lowest BCUT2D eigenvalue weighted by Crippen LogP contribution is -2.19.